The third-order valence-corrected chi connectivity index (χ3v) is 3.61. The van der Waals surface area contributed by atoms with Crippen molar-refractivity contribution in [3.8, 4) is 0 Å². The molecule has 6 nitrogen and oxygen atoms in total. The van der Waals surface area contributed by atoms with Gasteiger partial charge in [0.15, 0.2) is 5.43 Å². The Balaban J connectivity index is 2.11. The van der Waals surface area contributed by atoms with Crippen molar-refractivity contribution in [1.29, 1.82) is 0 Å². The molecule has 1 saturated carbocycles. The quantitative estimate of drug-likeness (QED) is 0.857. The van der Waals surface area contributed by atoms with Crippen LogP contribution >= 0.6 is 0 Å². The van der Waals surface area contributed by atoms with Crippen molar-refractivity contribution < 1.29 is 14.7 Å². The topological polar surface area (TPSA) is 88.4 Å². The monoisotopic (exact) mass is 278 g/mol. The first-order chi connectivity index (χ1) is 9.47. The van der Waals surface area contributed by atoms with Crippen LogP contribution in [-0.4, -0.2) is 27.6 Å². The molecular weight excluding hydrogens is 260 g/mol. The van der Waals surface area contributed by atoms with Crippen molar-refractivity contribution >= 4 is 11.9 Å². The third kappa shape index (κ3) is 3.26. The Kier molecular flexibility index (Phi) is 4.22. The Morgan fingerprint density at radius 2 is 2.05 bits per heavy atom. The zero-order valence-corrected chi connectivity index (χ0v) is 11.4. The Bertz CT molecular complexity index is 585. The van der Waals surface area contributed by atoms with Crippen LogP contribution in [0.15, 0.2) is 17.1 Å². The Morgan fingerprint density at radius 1 is 1.40 bits per heavy atom. The molecule has 0 aromatic carbocycles. The molecule has 1 aromatic rings. The molecule has 0 spiro atoms. The Morgan fingerprint density at radius 3 is 2.65 bits per heavy atom. The van der Waals surface area contributed by atoms with E-state index in [-0.39, 0.29) is 24.1 Å². The summed E-state index contributed by atoms with van der Waals surface area (Å²) in [5.41, 5.74) is -0.284. The summed E-state index contributed by atoms with van der Waals surface area (Å²) in [4.78, 5) is 34.4. The van der Waals surface area contributed by atoms with E-state index >= 15 is 0 Å². The van der Waals surface area contributed by atoms with Gasteiger partial charge in [-0.15, -0.1) is 0 Å². The zero-order chi connectivity index (χ0) is 14.7. The van der Waals surface area contributed by atoms with Gasteiger partial charge in [-0.3, -0.25) is 9.59 Å². The number of rotatable bonds is 4. The highest BCUT2D eigenvalue weighted by Crippen LogP contribution is 2.17. The fourth-order valence-electron chi connectivity index (χ4n) is 2.50. The van der Waals surface area contributed by atoms with Crippen LogP contribution in [0, 0.1) is 6.92 Å². The first-order valence-corrected chi connectivity index (χ1v) is 6.71. The number of hydrogen-bond acceptors (Lipinski definition) is 3. The van der Waals surface area contributed by atoms with E-state index < -0.39 is 11.4 Å². The van der Waals surface area contributed by atoms with E-state index in [0.29, 0.717) is 5.69 Å². The van der Waals surface area contributed by atoms with E-state index in [1.165, 1.54) is 16.8 Å². The summed E-state index contributed by atoms with van der Waals surface area (Å²) in [6.45, 7) is 1.71. The van der Waals surface area contributed by atoms with Gasteiger partial charge in [0.2, 0.25) is 5.91 Å². The van der Waals surface area contributed by atoms with Gasteiger partial charge >= 0.3 is 5.97 Å². The molecule has 2 rings (SSSR count). The minimum Gasteiger partial charge on any atom is -0.477 e. The first kappa shape index (κ1) is 14.3. The molecular formula is C14H18N2O4. The van der Waals surface area contributed by atoms with Crippen LogP contribution in [0.4, 0.5) is 0 Å². The summed E-state index contributed by atoms with van der Waals surface area (Å²) < 4.78 is 1.50. The number of carbonyl (C=O) groups excluding carboxylic acids is 1. The van der Waals surface area contributed by atoms with Crippen LogP contribution in [0.1, 0.15) is 41.7 Å². The molecule has 20 heavy (non-hydrogen) atoms. The number of amides is 1. The zero-order valence-electron chi connectivity index (χ0n) is 11.4. The molecule has 1 aliphatic rings. The lowest BCUT2D eigenvalue weighted by molar-refractivity contribution is -0.122. The van der Waals surface area contributed by atoms with Gasteiger partial charge in [-0.25, -0.2) is 4.79 Å². The van der Waals surface area contributed by atoms with Gasteiger partial charge < -0.3 is 15.0 Å². The van der Waals surface area contributed by atoms with E-state index in [1.54, 1.807) is 6.92 Å². The largest absolute Gasteiger partial charge is 0.477 e. The van der Waals surface area contributed by atoms with Crippen LogP contribution in [0.3, 0.4) is 0 Å². The van der Waals surface area contributed by atoms with Crippen LogP contribution in [-0.2, 0) is 11.3 Å². The maximum Gasteiger partial charge on any atom is 0.341 e. The van der Waals surface area contributed by atoms with Crippen LogP contribution in [0.2, 0.25) is 0 Å². The normalized spacial score (nSPS) is 15.2. The van der Waals surface area contributed by atoms with Crippen LogP contribution < -0.4 is 10.7 Å². The summed E-state index contributed by atoms with van der Waals surface area (Å²) in [5, 5.41) is 11.9. The number of hydrogen-bond donors (Lipinski definition) is 2. The molecule has 6 heteroatoms. The van der Waals surface area contributed by atoms with Gasteiger partial charge in [0, 0.05) is 24.0 Å². The first-order valence-electron chi connectivity index (χ1n) is 6.71. The minimum absolute atomic E-state index is 0.0306. The van der Waals surface area contributed by atoms with E-state index in [9.17, 15) is 14.4 Å². The fourth-order valence-corrected chi connectivity index (χ4v) is 2.50. The number of nitrogens with zero attached hydrogens (tertiary/aromatic N) is 1. The lowest BCUT2D eigenvalue weighted by atomic mass is 10.2. The molecule has 0 bridgehead atoms. The van der Waals surface area contributed by atoms with Crippen molar-refractivity contribution in [3.05, 3.63) is 33.7 Å². The van der Waals surface area contributed by atoms with Crippen molar-refractivity contribution in [2.75, 3.05) is 0 Å². The summed E-state index contributed by atoms with van der Waals surface area (Å²) in [6.07, 6.45) is 5.48. The second-order valence-electron chi connectivity index (χ2n) is 5.17. The number of carboxylic acids is 1. The Labute approximate surface area is 116 Å². The molecule has 2 N–H and O–H groups in total. The van der Waals surface area contributed by atoms with Crippen molar-refractivity contribution in [2.24, 2.45) is 0 Å². The molecule has 1 aliphatic carbocycles. The van der Waals surface area contributed by atoms with Gasteiger partial charge in [-0.1, -0.05) is 12.8 Å². The lowest BCUT2D eigenvalue weighted by Crippen LogP contribution is -2.36. The van der Waals surface area contributed by atoms with E-state index in [4.69, 9.17) is 5.11 Å². The average Bonchev–Trinajstić information content (AvgIpc) is 2.84. The molecule has 0 unspecified atom stereocenters. The van der Waals surface area contributed by atoms with Gasteiger partial charge in [0.05, 0.1) is 0 Å². The predicted molar refractivity (Wildman–Crippen MR) is 72.8 cm³/mol. The van der Waals surface area contributed by atoms with E-state index in [1.807, 2.05) is 0 Å². The molecule has 1 amide bonds. The predicted octanol–water partition coefficient (Wildman–Crippen LogP) is 0.914. The second-order valence-corrected chi connectivity index (χ2v) is 5.17. The molecule has 1 aromatic heterocycles. The lowest BCUT2D eigenvalue weighted by Gasteiger charge is -2.15. The molecule has 108 valence electrons. The number of carbonyl (C=O) groups is 2. The molecule has 0 aliphatic heterocycles. The maximum absolute atomic E-state index is 11.9. The number of aryl methyl sites for hydroxylation is 1. The second kappa shape index (κ2) is 5.90. The molecule has 0 atom stereocenters. The van der Waals surface area contributed by atoms with Crippen molar-refractivity contribution in [1.82, 2.24) is 9.88 Å². The highest BCUT2D eigenvalue weighted by Gasteiger charge is 2.18. The highest BCUT2D eigenvalue weighted by molar-refractivity contribution is 5.87. The number of pyridine rings is 1. The molecule has 1 heterocycles. The van der Waals surface area contributed by atoms with E-state index in [2.05, 4.69) is 5.32 Å². The molecule has 1 fully saturated rings. The SMILES string of the molecule is Cc1cc(=O)c(C(=O)O)cn1CC(=O)NC1CCCC1. The third-order valence-electron chi connectivity index (χ3n) is 3.61. The van der Waals surface area contributed by atoms with Crippen molar-refractivity contribution in [2.45, 2.75) is 45.2 Å². The number of aromatic carboxylic acids is 1. The average molecular weight is 278 g/mol. The van der Waals surface area contributed by atoms with E-state index in [0.717, 1.165) is 25.7 Å². The summed E-state index contributed by atoms with van der Waals surface area (Å²) in [5.74, 6) is -1.43. The summed E-state index contributed by atoms with van der Waals surface area (Å²) >= 11 is 0. The number of nitrogens with one attached hydrogen (secondary N) is 1. The smallest absolute Gasteiger partial charge is 0.341 e. The van der Waals surface area contributed by atoms with Gasteiger partial charge in [-0.05, 0) is 19.8 Å². The maximum atomic E-state index is 11.9. The van der Waals surface area contributed by atoms with Crippen LogP contribution in [0.5, 0.6) is 0 Å². The highest BCUT2D eigenvalue weighted by atomic mass is 16.4. The minimum atomic E-state index is -1.28. The van der Waals surface area contributed by atoms with Gasteiger partial charge in [-0.2, -0.15) is 0 Å². The summed E-state index contributed by atoms with van der Waals surface area (Å²) in [7, 11) is 0. The summed E-state index contributed by atoms with van der Waals surface area (Å²) in [6, 6.07) is 1.47. The molecule has 0 radical (unpaired) electrons. The number of aromatic nitrogens is 1. The van der Waals surface area contributed by atoms with Gasteiger partial charge in [0.1, 0.15) is 12.1 Å². The number of carboxylic acid groups (broad SMARTS) is 1. The fraction of sp³-hybridized carbons (Fsp3) is 0.500. The van der Waals surface area contributed by atoms with Gasteiger partial charge in [0.25, 0.3) is 0 Å². The molecule has 0 saturated heterocycles. The Hall–Kier alpha value is -2.11. The van der Waals surface area contributed by atoms with Crippen LogP contribution in [0.25, 0.3) is 0 Å². The standard InChI is InChI=1S/C14H18N2O4/c1-9-6-12(17)11(14(19)20)7-16(9)8-13(18)15-10-4-2-3-5-10/h6-7,10H,2-5,8H2,1H3,(H,15,18)(H,19,20). The van der Waals surface area contributed by atoms with Crippen molar-refractivity contribution in [3.63, 3.8) is 0 Å².